The molecule has 6 nitrogen and oxygen atoms in total. The highest BCUT2D eigenvalue weighted by molar-refractivity contribution is 5.91. The SMILES string of the molecule is CCC(=O)N(C1CCNCC1)C1C=C[C]=C(C(N)=O)N1. The molecule has 2 rings (SSSR count). The molecule has 1 fully saturated rings. The first kappa shape index (κ1) is 14.6. The number of allylic oxidation sites excluding steroid dienone is 2. The topological polar surface area (TPSA) is 87.5 Å². The lowest BCUT2D eigenvalue weighted by Crippen LogP contribution is -2.56. The van der Waals surface area contributed by atoms with Crippen LogP contribution >= 0.6 is 0 Å². The monoisotopic (exact) mass is 277 g/mol. The van der Waals surface area contributed by atoms with Gasteiger partial charge in [0.05, 0.1) is 0 Å². The van der Waals surface area contributed by atoms with Gasteiger partial charge in [-0.25, -0.2) is 0 Å². The minimum Gasteiger partial charge on any atom is -0.364 e. The van der Waals surface area contributed by atoms with E-state index in [1.807, 2.05) is 17.9 Å². The molecule has 109 valence electrons. The molecule has 4 N–H and O–H groups in total. The third kappa shape index (κ3) is 3.19. The lowest BCUT2D eigenvalue weighted by atomic mass is 10.0. The molecule has 0 bridgehead atoms. The molecule has 0 aromatic carbocycles. The fraction of sp³-hybridized carbons (Fsp3) is 0.571. The first-order valence-electron chi connectivity index (χ1n) is 7.02. The van der Waals surface area contributed by atoms with Gasteiger partial charge in [-0.2, -0.15) is 0 Å². The number of nitrogens with one attached hydrogen (secondary N) is 2. The van der Waals surface area contributed by atoms with Crippen molar-refractivity contribution in [3.05, 3.63) is 23.9 Å². The van der Waals surface area contributed by atoms with Crippen LogP contribution in [-0.2, 0) is 9.59 Å². The Bertz CT molecular complexity index is 438. The largest absolute Gasteiger partial charge is 0.364 e. The van der Waals surface area contributed by atoms with E-state index < -0.39 is 5.91 Å². The molecular formula is C14H21N4O2. The Labute approximate surface area is 119 Å². The van der Waals surface area contributed by atoms with Crippen molar-refractivity contribution in [1.29, 1.82) is 0 Å². The third-order valence-corrected chi connectivity index (χ3v) is 3.64. The van der Waals surface area contributed by atoms with Crippen molar-refractivity contribution in [3.8, 4) is 0 Å². The number of nitrogens with two attached hydrogens (primary N) is 1. The van der Waals surface area contributed by atoms with Crippen molar-refractivity contribution in [2.45, 2.75) is 38.4 Å². The van der Waals surface area contributed by atoms with E-state index in [0.717, 1.165) is 25.9 Å². The standard InChI is InChI=1S/C14H21N4O2/c1-2-13(19)18(10-6-8-16-9-7-10)12-5-3-4-11(17-12)14(15)20/h3,5,10,12,16-17H,2,6-9H2,1H3,(H2,15,20). The number of carbonyl (C=O) groups excluding carboxylic acids is 2. The maximum absolute atomic E-state index is 12.3. The van der Waals surface area contributed by atoms with Gasteiger partial charge in [0.2, 0.25) is 5.91 Å². The van der Waals surface area contributed by atoms with Crippen LogP contribution in [0.1, 0.15) is 26.2 Å². The van der Waals surface area contributed by atoms with Crippen molar-refractivity contribution < 1.29 is 9.59 Å². The Hall–Kier alpha value is -1.82. The summed E-state index contributed by atoms with van der Waals surface area (Å²) in [5.74, 6) is -0.488. The van der Waals surface area contributed by atoms with Gasteiger partial charge in [-0.15, -0.1) is 0 Å². The smallest absolute Gasteiger partial charge is 0.265 e. The summed E-state index contributed by atoms with van der Waals surface area (Å²) < 4.78 is 0. The number of primary amides is 1. The molecule has 2 aliphatic heterocycles. The molecule has 6 heteroatoms. The van der Waals surface area contributed by atoms with Crippen LogP contribution in [0.4, 0.5) is 0 Å². The van der Waals surface area contributed by atoms with Crippen LogP contribution in [0.15, 0.2) is 17.8 Å². The minimum atomic E-state index is -0.562. The van der Waals surface area contributed by atoms with E-state index in [9.17, 15) is 9.59 Å². The summed E-state index contributed by atoms with van der Waals surface area (Å²) in [4.78, 5) is 25.4. The van der Waals surface area contributed by atoms with Crippen LogP contribution in [0.2, 0.25) is 0 Å². The molecule has 0 aliphatic carbocycles. The maximum atomic E-state index is 12.3. The van der Waals surface area contributed by atoms with Crippen LogP contribution in [-0.4, -0.2) is 42.0 Å². The molecule has 1 unspecified atom stereocenters. The van der Waals surface area contributed by atoms with E-state index in [1.165, 1.54) is 0 Å². The van der Waals surface area contributed by atoms with Crippen molar-refractivity contribution in [3.63, 3.8) is 0 Å². The number of piperidine rings is 1. The Balaban J connectivity index is 2.15. The second-order valence-corrected chi connectivity index (χ2v) is 4.97. The maximum Gasteiger partial charge on any atom is 0.265 e. The van der Waals surface area contributed by atoms with Crippen molar-refractivity contribution in [2.75, 3.05) is 13.1 Å². The minimum absolute atomic E-state index is 0.0739. The number of hydrogen-bond acceptors (Lipinski definition) is 4. The number of rotatable bonds is 4. The predicted octanol–water partition coefficient (Wildman–Crippen LogP) is -0.365. The second kappa shape index (κ2) is 6.56. The van der Waals surface area contributed by atoms with Gasteiger partial charge in [0.15, 0.2) is 0 Å². The van der Waals surface area contributed by atoms with Crippen LogP contribution in [0.3, 0.4) is 0 Å². The molecule has 1 radical (unpaired) electrons. The fourth-order valence-corrected chi connectivity index (χ4v) is 2.62. The summed E-state index contributed by atoms with van der Waals surface area (Å²) in [6.07, 6.45) is 8.19. The fourth-order valence-electron chi connectivity index (χ4n) is 2.62. The highest BCUT2D eigenvalue weighted by atomic mass is 16.2. The van der Waals surface area contributed by atoms with E-state index >= 15 is 0 Å². The zero-order chi connectivity index (χ0) is 14.5. The molecule has 0 aromatic rings. The average molecular weight is 277 g/mol. The number of dihydropyridines is 1. The van der Waals surface area contributed by atoms with Crippen molar-refractivity contribution in [2.24, 2.45) is 5.73 Å². The summed E-state index contributed by atoms with van der Waals surface area (Å²) in [5, 5.41) is 6.28. The van der Waals surface area contributed by atoms with Crippen LogP contribution in [0.5, 0.6) is 0 Å². The number of carbonyl (C=O) groups is 2. The van der Waals surface area contributed by atoms with Gasteiger partial charge in [-0.3, -0.25) is 9.59 Å². The van der Waals surface area contributed by atoms with Gasteiger partial charge < -0.3 is 21.3 Å². The van der Waals surface area contributed by atoms with Gasteiger partial charge in [0, 0.05) is 18.5 Å². The van der Waals surface area contributed by atoms with Gasteiger partial charge in [-0.1, -0.05) is 13.0 Å². The van der Waals surface area contributed by atoms with E-state index in [4.69, 9.17) is 5.73 Å². The third-order valence-electron chi connectivity index (χ3n) is 3.64. The zero-order valence-electron chi connectivity index (χ0n) is 11.7. The number of amides is 2. The van der Waals surface area contributed by atoms with Crippen LogP contribution in [0.25, 0.3) is 0 Å². The van der Waals surface area contributed by atoms with E-state index in [0.29, 0.717) is 6.42 Å². The first-order chi connectivity index (χ1) is 9.63. The van der Waals surface area contributed by atoms with E-state index in [1.54, 1.807) is 6.08 Å². The van der Waals surface area contributed by atoms with Crippen molar-refractivity contribution in [1.82, 2.24) is 15.5 Å². The van der Waals surface area contributed by atoms with Gasteiger partial charge >= 0.3 is 0 Å². The Kier molecular flexibility index (Phi) is 4.79. The summed E-state index contributed by atoms with van der Waals surface area (Å²) >= 11 is 0. The first-order valence-corrected chi connectivity index (χ1v) is 7.02. The molecule has 2 aliphatic rings. The highest BCUT2D eigenvalue weighted by Crippen LogP contribution is 2.18. The van der Waals surface area contributed by atoms with Gasteiger partial charge in [0.1, 0.15) is 11.9 Å². The molecule has 0 spiro atoms. The van der Waals surface area contributed by atoms with Gasteiger partial charge in [-0.05, 0) is 32.0 Å². The summed E-state index contributed by atoms with van der Waals surface area (Å²) in [6, 6.07) is 0.179. The summed E-state index contributed by atoms with van der Waals surface area (Å²) in [6.45, 7) is 3.65. The molecule has 2 heterocycles. The van der Waals surface area contributed by atoms with E-state index in [-0.39, 0.29) is 23.8 Å². The zero-order valence-corrected chi connectivity index (χ0v) is 11.7. The highest BCUT2D eigenvalue weighted by Gasteiger charge is 2.31. The summed E-state index contributed by atoms with van der Waals surface area (Å²) in [7, 11) is 0. The molecular weight excluding hydrogens is 256 g/mol. The molecule has 20 heavy (non-hydrogen) atoms. The van der Waals surface area contributed by atoms with E-state index in [2.05, 4.69) is 16.7 Å². The predicted molar refractivity (Wildman–Crippen MR) is 75.0 cm³/mol. The molecule has 1 atom stereocenters. The van der Waals surface area contributed by atoms with Crippen LogP contribution in [0, 0.1) is 6.08 Å². The quantitative estimate of drug-likeness (QED) is 0.654. The lowest BCUT2D eigenvalue weighted by molar-refractivity contribution is -0.136. The molecule has 0 saturated carbocycles. The van der Waals surface area contributed by atoms with Crippen LogP contribution < -0.4 is 16.4 Å². The Morgan fingerprint density at radius 2 is 2.15 bits per heavy atom. The molecule has 1 saturated heterocycles. The Morgan fingerprint density at radius 3 is 2.75 bits per heavy atom. The summed E-state index contributed by atoms with van der Waals surface area (Å²) in [5.41, 5.74) is 5.49. The second-order valence-electron chi connectivity index (χ2n) is 4.97. The average Bonchev–Trinajstić information content (AvgIpc) is 2.48. The number of nitrogens with zero attached hydrogens (tertiary/aromatic N) is 1. The van der Waals surface area contributed by atoms with Crippen molar-refractivity contribution >= 4 is 11.8 Å². The molecule has 0 aromatic heterocycles. The normalized spacial score (nSPS) is 22.9. The lowest BCUT2D eigenvalue weighted by Gasteiger charge is -2.40. The van der Waals surface area contributed by atoms with Gasteiger partial charge in [0.25, 0.3) is 5.91 Å². The molecule has 2 amide bonds. The number of hydrogen-bond donors (Lipinski definition) is 3. The Morgan fingerprint density at radius 1 is 1.45 bits per heavy atom.